The third kappa shape index (κ3) is 3.85. The van der Waals surface area contributed by atoms with Crippen molar-refractivity contribution in [3.8, 4) is 11.1 Å². The Balaban J connectivity index is 1.87. The van der Waals surface area contributed by atoms with Crippen LogP contribution in [-0.2, 0) is 4.74 Å². The topological polar surface area (TPSA) is 21.6 Å². The molecule has 0 N–H and O–H groups in total. The average Bonchev–Trinajstić information content (AvgIpc) is 3.13. The predicted molar refractivity (Wildman–Crippen MR) is 107 cm³/mol. The molecule has 2 aromatic rings. The van der Waals surface area contributed by atoms with Crippen LogP contribution in [0.2, 0.25) is 14.8 Å². The van der Waals surface area contributed by atoms with Crippen LogP contribution in [0.15, 0.2) is 39.1 Å². The molecule has 1 aromatic carbocycles. The molecular formula is C18H22BrNOSSn. The van der Waals surface area contributed by atoms with Crippen LogP contribution in [0, 0.1) is 0 Å². The number of hydrogen-bond acceptors (Lipinski definition) is 3. The van der Waals surface area contributed by atoms with Gasteiger partial charge in [0.1, 0.15) is 0 Å². The van der Waals surface area contributed by atoms with E-state index in [1.54, 1.807) is 2.89 Å². The molecule has 0 fully saturated rings. The van der Waals surface area contributed by atoms with Crippen LogP contribution in [0.5, 0.6) is 0 Å². The first-order valence-electron chi connectivity index (χ1n) is 7.99. The van der Waals surface area contributed by atoms with E-state index in [0.717, 1.165) is 17.9 Å². The Hall–Kier alpha value is -0.331. The van der Waals surface area contributed by atoms with Gasteiger partial charge in [-0.15, -0.1) is 0 Å². The molecule has 23 heavy (non-hydrogen) atoms. The summed E-state index contributed by atoms with van der Waals surface area (Å²) in [6, 6.07) is 11.3. The summed E-state index contributed by atoms with van der Waals surface area (Å²) >= 11 is 3.65. The molecule has 1 aliphatic heterocycles. The van der Waals surface area contributed by atoms with Crippen molar-refractivity contribution in [2.45, 2.75) is 34.2 Å². The third-order valence-corrected chi connectivity index (χ3v) is 15.3. The zero-order chi connectivity index (χ0) is 16.6. The maximum atomic E-state index is 5.71. The van der Waals surface area contributed by atoms with E-state index in [0.29, 0.717) is 12.6 Å². The number of halogens is 1. The first kappa shape index (κ1) is 17.5. The zero-order valence-corrected chi connectivity index (χ0v) is 19.3. The van der Waals surface area contributed by atoms with E-state index in [-0.39, 0.29) is 0 Å². The van der Waals surface area contributed by atoms with Gasteiger partial charge in [0.05, 0.1) is 0 Å². The van der Waals surface area contributed by atoms with Crippen LogP contribution in [0.1, 0.15) is 18.9 Å². The van der Waals surface area contributed by atoms with Gasteiger partial charge in [-0.25, -0.2) is 0 Å². The Bertz CT molecular complexity index is 730. The third-order valence-electron chi connectivity index (χ3n) is 4.05. The van der Waals surface area contributed by atoms with Crippen molar-refractivity contribution in [2.75, 3.05) is 6.61 Å². The van der Waals surface area contributed by atoms with E-state index >= 15 is 0 Å². The van der Waals surface area contributed by atoms with E-state index in [4.69, 9.17) is 4.74 Å². The number of hydrogen-bond donors (Lipinski definition) is 0. The van der Waals surface area contributed by atoms with Gasteiger partial charge in [0.2, 0.25) is 0 Å². The monoisotopic (exact) mass is 499 g/mol. The van der Waals surface area contributed by atoms with Gasteiger partial charge in [0.25, 0.3) is 0 Å². The van der Waals surface area contributed by atoms with E-state index in [9.17, 15) is 0 Å². The quantitative estimate of drug-likeness (QED) is 0.526. The molecule has 0 spiro atoms. The fourth-order valence-corrected chi connectivity index (χ4v) is 10.8. The molecule has 0 aliphatic carbocycles. The second-order valence-corrected chi connectivity index (χ2v) is 24.7. The molecule has 2 nitrogen and oxygen atoms in total. The molecule has 1 aromatic heterocycles. The number of thiophene rings is 1. The summed E-state index contributed by atoms with van der Waals surface area (Å²) < 4.78 is 8.55. The van der Waals surface area contributed by atoms with E-state index in [1.807, 2.05) is 11.3 Å². The number of benzene rings is 1. The second kappa shape index (κ2) is 6.88. The Morgan fingerprint density at radius 2 is 1.87 bits per heavy atom. The molecular weight excluding hydrogens is 477 g/mol. The van der Waals surface area contributed by atoms with Crippen LogP contribution in [0.4, 0.5) is 0 Å². The fraction of sp³-hybridized carbons (Fsp3) is 0.389. The summed E-state index contributed by atoms with van der Waals surface area (Å²) in [6.45, 7) is 2.86. The molecule has 0 radical (unpaired) electrons. The van der Waals surface area contributed by atoms with Crippen LogP contribution < -0.4 is 2.89 Å². The normalized spacial score (nSPS) is 18.0. The van der Waals surface area contributed by atoms with Crippen molar-refractivity contribution in [2.24, 2.45) is 4.99 Å². The Labute approximate surface area is 155 Å². The summed E-state index contributed by atoms with van der Waals surface area (Å²) in [5.74, 6) is 0.791. The average molecular weight is 499 g/mol. The molecule has 3 rings (SSSR count). The standard InChI is InChI=1S/C15H13BrNOS.3CH3.Sn/c1-2-12-9-18-15(17-12)11-5-3-10(4-6-11)13-7-8-19-14(13)16;;;;/h3-7,12H,2,9H2,1H3;3*1H3;/t12-;;;;/m1..../s1. The SMILES string of the molecule is CC[C@@H]1COC(c2ccc(-c3c[c]([Sn]([CH3])([CH3])[CH3])sc3Br)cc2)=N1. The number of ether oxygens (including phenoxy) is 1. The Morgan fingerprint density at radius 1 is 1.22 bits per heavy atom. The van der Waals surface area contributed by atoms with Crippen molar-refractivity contribution in [3.05, 3.63) is 39.7 Å². The first-order valence-corrected chi connectivity index (χ1v) is 19.6. The van der Waals surface area contributed by atoms with Crippen LogP contribution >= 0.6 is 27.3 Å². The first-order chi connectivity index (χ1) is 10.9. The van der Waals surface area contributed by atoms with E-state index in [2.05, 4.69) is 73.0 Å². The maximum absolute atomic E-state index is 5.71. The van der Waals surface area contributed by atoms with Crippen LogP contribution in [0.25, 0.3) is 11.1 Å². The summed E-state index contributed by atoms with van der Waals surface area (Å²) in [6.07, 6.45) is 1.03. The number of nitrogens with zero attached hydrogens (tertiary/aromatic N) is 1. The van der Waals surface area contributed by atoms with Gasteiger partial charge in [0, 0.05) is 0 Å². The number of aliphatic imine (C=N–C) groups is 1. The minimum atomic E-state index is -2.01. The Morgan fingerprint density at radius 3 is 2.39 bits per heavy atom. The molecule has 2 heterocycles. The van der Waals surface area contributed by atoms with Crippen LogP contribution in [0.3, 0.4) is 0 Å². The van der Waals surface area contributed by atoms with E-state index < -0.39 is 18.4 Å². The van der Waals surface area contributed by atoms with E-state index in [1.165, 1.54) is 14.9 Å². The van der Waals surface area contributed by atoms with Gasteiger partial charge in [-0.2, -0.15) is 0 Å². The predicted octanol–water partition coefficient (Wildman–Crippen LogP) is 5.28. The van der Waals surface area contributed by atoms with Gasteiger partial charge in [-0.3, -0.25) is 0 Å². The second-order valence-electron chi connectivity index (χ2n) is 6.93. The summed E-state index contributed by atoms with van der Waals surface area (Å²) in [5.41, 5.74) is 3.64. The van der Waals surface area contributed by atoms with Gasteiger partial charge < -0.3 is 0 Å². The van der Waals surface area contributed by atoms with Gasteiger partial charge in [0.15, 0.2) is 0 Å². The summed E-state index contributed by atoms with van der Waals surface area (Å²) in [7, 11) is 0. The zero-order valence-electron chi connectivity index (χ0n) is 14.0. The molecule has 122 valence electrons. The molecule has 1 aliphatic rings. The number of rotatable bonds is 4. The summed E-state index contributed by atoms with van der Waals surface area (Å²) in [5, 5.41) is 0. The van der Waals surface area contributed by atoms with Gasteiger partial charge in [-0.05, 0) is 0 Å². The summed E-state index contributed by atoms with van der Waals surface area (Å²) in [4.78, 5) is 12.0. The van der Waals surface area contributed by atoms with Gasteiger partial charge in [-0.1, -0.05) is 0 Å². The van der Waals surface area contributed by atoms with Crippen molar-refractivity contribution >= 4 is 54.4 Å². The molecule has 0 unspecified atom stereocenters. The molecule has 0 amide bonds. The van der Waals surface area contributed by atoms with Crippen LogP contribution in [-0.4, -0.2) is 36.9 Å². The molecule has 0 saturated carbocycles. The van der Waals surface area contributed by atoms with Gasteiger partial charge >= 0.3 is 156 Å². The van der Waals surface area contributed by atoms with Crippen molar-refractivity contribution in [3.63, 3.8) is 0 Å². The Kier molecular flexibility index (Phi) is 5.24. The fourth-order valence-electron chi connectivity index (χ4n) is 2.51. The molecule has 0 saturated heterocycles. The minimum absolute atomic E-state index is 0.317. The van der Waals surface area contributed by atoms with Crippen molar-refractivity contribution < 1.29 is 4.74 Å². The molecule has 1 atom stereocenters. The molecule has 0 bridgehead atoms. The van der Waals surface area contributed by atoms with Crippen molar-refractivity contribution in [1.29, 1.82) is 0 Å². The molecule has 5 heteroatoms. The van der Waals surface area contributed by atoms with Crippen molar-refractivity contribution in [1.82, 2.24) is 0 Å².